The predicted molar refractivity (Wildman–Crippen MR) is 53.9 cm³/mol. The topological polar surface area (TPSA) is 17.0 Å². The number of halogens is 2. The summed E-state index contributed by atoms with van der Waals surface area (Å²) in [5.41, 5.74) is 2.91. The first-order chi connectivity index (χ1) is 7.27. The van der Waals surface area contributed by atoms with Crippen molar-refractivity contribution in [2.45, 2.75) is 6.54 Å². The Balaban J connectivity index is 2.11. The van der Waals surface area contributed by atoms with Crippen LogP contribution >= 0.6 is 0 Å². The van der Waals surface area contributed by atoms with E-state index >= 15 is 0 Å². The van der Waals surface area contributed by atoms with Crippen molar-refractivity contribution >= 4 is 0 Å². The molecule has 0 aliphatic rings. The maximum absolute atomic E-state index is 13.2. The van der Waals surface area contributed by atoms with E-state index in [0.717, 1.165) is 0 Å². The molecule has 2 rings (SSSR count). The van der Waals surface area contributed by atoms with E-state index in [0.29, 0.717) is 0 Å². The van der Waals surface area contributed by atoms with Crippen molar-refractivity contribution in [1.82, 2.24) is 4.68 Å². The molecule has 0 atom stereocenters. The Morgan fingerprint density at radius 2 is 1.60 bits per heavy atom. The zero-order valence-electron chi connectivity index (χ0n) is 7.95. The summed E-state index contributed by atoms with van der Waals surface area (Å²) in [7, 11) is 0. The summed E-state index contributed by atoms with van der Waals surface area (Å²) in [4.78, 5) is 0. The molecule has 0 amide bonds. The maximum atomic E-state index is 13.2. The van der Waals surface area contributed by atoms with Crippen LogP contribution in [0.15, 0.2) is 42.7 Å². The molecule has 1 aromatic carbocycles. The average Bonchev–Trinajstić information content (AvgIpc) is 2.70. The largest absolute Gasteiger partial charge is 0.322 e. The molecule has 0 bridgehead atoms. The maximum Gasteiger partial charge on any atom is 0.131 e. The number of hydrogen-bond donors (Lipinski definition) is 1. The Labute approximate surface area is 86.1 Å². The van der Waals surface area contributed by atoms with Crippen molar-refractivity contribution in [3.05, 3.63) is 59.9 Å². The predicted octanol–water partition coefficient (Wildman–Crippen LogP) is 2.51. The van der Waals surface area contributed by atoms with E-state index in [2.05, 4.69) is 5.43 Å². The van der Waals surface area contributed by atoms with Crippen LogP contribution < -0.4 is 5.43 Å². The smallest absolute Gasteiger partial charge is 0.131 e. The van der Waals surface area contributed by atoms with E-state index in [9.17, 15) is 8.78 Å². The number of rotatable bonds is 3. The molecule has 0 fully saturated rings. The number of nitrogens with zero attached hydrogens (tertiary/aromatic N) is 1. The van der Waals surface area contributed by atoms with Crippen LogP contribution in [-0.2, 0) is 6.54 Å². The Bertz CT molecular complexity index is 418. The average molecular weight is 208 g/mol. The summed E-state index contributed by atoms with van der Waals surface area (Å²) in [6.07, 6.45) is 3.53. The summed E-state index contributed by atoms with van der Waals surface area (Å²) in [6.45, 7) is 0.118. The monoisotopic (exact) mass is 208 g/mol. The third-order valence-electron chi connectivity index (χ3n) is 2.10. The summed E-state index contributed by atoms with van der Waals surface area (Å²) >= 11 is 0. The molecule has 15 heavy (non-hydrogen) atoms. The molecule has 0 saturated heterocycles. The highest BCUT2D eigenvalue weighted by atomic mass is 19.1. The second-order valence-corrected chi connectivity index (χ2v) is 3.13. The molecule has 1 heterocycles. The van der Waals surface area contributed by atoms with Crippen molar-refractivity contribution in [2.75, 3.05) is 5.43 Å². The summed E-state index contributed by atoms with van der Waals surface area (Å²) < 4.78 is 28.0. The van der Waals surface area contributed by atoms with Crippen molar-refractivity contribution < 1.29 is 8.78 Å². The van der Waals surface area contributed by atoms with Crippen LogP contribution in [0.2, 0.25) is 0 Å². The van der Waals surface area contributed by atoms with Gasteiger partial charge in [-0.3, -0.25) is 4.68 Å². The van der Waals surface area contributed by atoms with Crippen molar-refractivity contribution in [3.63, 3.8) is 0 Å². The minimum Gasteiger partial charge on any atom is -0.322 e. The van der Waals surface area contributed by atoms with Crippen LogP contribution in [0.25, 0.3) is 0 Å². The number of benzene rings is 1. The molecule has 1 N–H and O–H groups in total. The summed E-state index contributed by atoms with van der Waals surface area (Å²) in [6, 6.07) is 7.49. The lowest BCUT2D eigenvalue weighted by atomic mass is 10.2. The number of nitrogens with one attached hydrogen (secondary N) is 1. The highest BCUT2D eigenvalue weighted by Gasteiger charge is 2.06. The van der Waals surface area contributed by atoms with E-state index in [-0.39, 0.29) is 12.1 Å². The van der Waals surface area contributed by atoms with Gasteiger partial charge in [0.25, 0.3) is 0 Å². The minimum atomic E-state index is -0.533. The van der Waals surface area contributed by atoms with E-state index in [1.165, 1.54) is 18.2 Å². The SMILES string of the molecule is Fc1cccc(F)c1CNn1cccc1. The van der Waals surface area contributed by atoms with Crippen LogP contribution in [0.5, 0.6) is 0 Å². The molecule has 0 spiro atoms. The first-order valence-electron chi connectivity index (χ1n) is 4.57. The molecule has 4 heteroatoms. The Hall–Kier alpha value is -1.84. The molecular formula is C11H10F2N2. The van der Waals surface area contributed by atoms with Gasteiger partial charge < -0.3 is 5.43 Å². The fourth-order valence-electron chi connectivity index (χ4n) is 1.31. The molecule has 2 aromatic rings. The lowest BCUT2D eigenvalue weighted by molar-refractivity contribution is 0.555. The van der Waals surface area contributed by atoms with Gasteiger partial charge in [0.2, 0.25) is 0 Å². The fourth-order valence-corrected chi connectivity index (χ4v) is 1.31. The van der Waals surface area contributed by atoms with E-state index < -0.39 is 11.6 Å². The molecule has 0 aliphatic carbocycles. The van der Waals surface area contributed by atoms with Gasteiger partial charge in [-0.25, -0.2) is 8.78 Å². The highest BCUT2D eigenvalue weighted by molar-refractivity contribution is 5.20. The molecular weight excluding hydrogens is 198 g/mol. The Kier molecular flexibility index (Phi) is 2.67. The van der Waals surface area contributed by atoms with E-state index in [1.54, 1.807) is 17.1 Å². The Morgan fingerprint density at radius 3 is 2.20 bits per heavy atom. The normalized spacial score (nSPS) is 10.3. The van der Waals surface area contributed by atoms with Gasteiger partial charge in [0.15, 0.2) is 0 Å². The van der Waals surface area contributed by atoms with Gasteiger partial charge in [0, 0.05) is 18.0 Å². The van der Waals surface area contributed by atoms with Crippen molar-refractivity contribution in [3.8, 4) is 0 Å². The highest BCUT2D eigenvalue weighted by Crippen LogP contribution is 2.11. The first-order valence-corrected chi connectivity index (χ1v) is 4.57. The summed E-state index contributed by atoms with van der Waals surface area (Å²) in [5, 5.41) is 0. The van der Waals surface area contributed by atoms with E-state index in [1.807, 2.05) is 12.1 Å². The summed E-state index contributed by atoms with van der Waals surface area (Å²) in [5.74, 6) is -1.07. The Morgan fingerprint density at radius 1 is 1.00 bits per heavy atom. The minimum absolute atomic E-state index is 0.0474. The zero-order chi connectivity index (χ0) is 10.7. The van der Waals surface area contributed by atoms with Crippen molar-refractivity contribution in [2.24, 2.45) is 0 Å². The van der Waals surface area contributed by atoms with Crippen LogP contribution in [0.3, 0.4) is 0 Å². The van der Waals surface area contributed by atoms with Crippen molar-refractivity contribution in [1.29, 1.82) is 0 Å². The van der Waals surface area contributed by atoms with Crippen LogP contribution in [0.4, 0.5) is 8.78 Å². The molecule has 0 aliphatic heterocycles. The fraction of sp³-hybridized carbons (Fsp3) is 0.0909. The molecule has 0 unspecified atom stereocenters. The number of aromatic nitrogens is 1. The van der Waals surface area contributed by atoms with Crippen LogP contribution in [0, 0.1) is 11.6 Å². The second kappa shape index (κ2) is 4.13. The third kappa shape index (κ3) is 2.15. The quantitative estimate of drug-likeness (QED) is 0.820. The van der Waals surface area contributed by atoms with Gasteiger partial charge >= 0.3 is 0 Å². The third-order valence-corrected chi connectivity index (χ3v) is 2.10. The lowest BCUT2D eigenvalue weighted by Gasteiger charge is -2.08. The molecule has 78 valence electrons. The molecule has 0 radical (unpaired) electrons. The standard InChI is InChI=1S/C11H10F2N2/c12-10-4-3-5-11(13)9(10)8-14-15-6-1-2-7-15/h1-7,14H,8H2. The van der Waals surface area contributed by atoms with Gasteiger partial charge in [-0.15, -0.1) is 0 Å². The lowest BCUT2D eigenvalue weighted by Crippen LogP contribution is -2.14. The first kappa shape index (κ1) is 9.71. The van der Waals surface area contributed by atoms with Gasteiger partial charge in [0.05, 0.1) is 6.54 Å². The zero-order valence-corrected chi connectivity index (χ0v) is 7.95. The number of hydrogen-bond acceptors (Lipinski definition) is 1. The van der Waals surface area contributed by atoms with Gasteiger partial charge in [0.1, 0.15) is 11.6 Å². The second-order valence-electron chi connectivity index (χ2n) is 3.13. The molecule has 0 saturated carbocycles. The van der Waals surface area contributed by atoms with Gasteiger partial charge in [-0.05, 0) is 24.3 Å². The van der Waals surface area contributed by atoms with Gasteiger partial charge in [-0.2, -0.15) is 0 Å². The van der Waals surface area contributed by atoms with Gasteiger partial charge in [-0.1, -0.05) is 6.07 Å². The van der Waals surface area contributed by atoms with E-state index in [4.69, 9.17) is 0 Å². The van der Waals surface area contributed by atoms with Crippen LogP contribution in [-0.4, -0.2) is 4.68 Å². The van der Waals surface area contributed by atoms with Crippen LogP contribution in [0.1, 0.15) is 5.56 Å². The molecule has 2 nitrogen and oxygen atoms in total. The molecule has 1 aromatic heterocycles.